The van der Waals surface area contributed by atoms with Crippen LogP contribution in [-0.2, 0) is 6.54 Å². The van der Waals surface area contributed by atoms with Gasteiger partial charge in [0.2, 0.25) is 0 Å². The Kier molecular flexibility index (Phi) is 4.77. The number of ether oxygens (including phenoxy) is 2. The number of nitrogens with zero attached hydrogens (tertiary/aromatic N) is 3. The van der Waals surface area contributed by atoms with E-state index >= 15 is 0 Å². The van der Waals surface area contributed by atoms with Gasteiger partial charge in [0.05, 0.1) is 14.2 Å². The van der Waals surface area contributed by atoms with Gasteiger partial charge < -0.3 is 20.1 Å². The van der Waals surface area contributed by atoms with Gasteiger partial charge in [-0.1, -0.05) is 0 Å². The van der Waals surface area contributed by atoms with Crippen LogP contribution < -0.4 is 15.2 Å². The van der Waals surface area contributed by atoms with Gasteiger partial charge in [0, 0.05) is 37.6 Å². The molecule has 2 aromatic rings. The molecule has 7 heteroatoms. The van der Waals surface area contributed by atoms with E-state index in [4.69, 9.17) is 15.2 Å². The van der Waals surface area contributed by atoms with E-state index in [2.05, 4.69) is 9.97 Å². The van der Waals surface area contributed by atoms with Crippen LogP contribution in [-0.4, -0.2) is 42.0 Å². The number of hydrogen-bond donors (Lipinski definition) is 1. The molecule has 22 heavy (non-hydrogen) atoms. The van der Waals surface area contributed by atoms with Gasteiger partial charge >= 0.3 is 0 Å². The van der Waals surface area contributed by atoms with Crippen molar-refractivity contribution in [2.24, 2.45) is 0 Å². The van der Waals surface area contributed by atoms with Crippen LogP contribution in [0.3, 0.4) is 0 Å². The zero-order valence-corrected chi connectivity index (χ0v) is 12.7. The summed E-state index contributed by atoms with van der Waals surface area (Å²) in [6.45, 7) is 0.349. The van der Waals surface area contributed by atoms with E-state index in [9.17, 15) is 4.79 Å². The Morgan fingerprint density at radius 3 is 2.59 bits per heavy atom. The molecule has 1 aromatic heterocycles. The molecule has 0 spiro atoms. The topological polar surface area (TPSA) is 90.6 Å². The maximum Gasteiger partial charge on any atom is 0.276 e. The Morgan fingerprint density at radius 2 is 1.95 bits per heavy atom. The molecular formula is C15H18N4O3. The number of carbonyl (C=O) groups excluding carboxylic acids is 1. The highest BCUT2D eigenvalue weighted by atomic mass is 16.5. The van der Waals surface area contributed by atoms with Crippen LogP contribution in [0.15, 0.2) is 30.6 Å². The van der Waals surface area contributed by atoms with Crippen LogP contribution in [0.25, 0.3) is 0 Å². The van der Waals surface area contributed by atoms with Crippen molar-refractivity contribution < 1.29 is 14.3 Å². The number of carbonyl (C=O) groups is 1. The van der Waals surface area contributed by atoms with E-state index in [1.165, 1.54) is 17.3 Å². The molecular weight excluding hydrogens is 284 g/mol. The number of amides is 1. The molecule has 1 heterocycles. The monoisotopic (exact) mass is 302 g/mol. The van der Waals surface area contributed by atoms with E-state index in [1.807, 2.05) is 12.1 Å². The molecule has 0 atom stereocenters. The minimum atomic E-state index is -0.302. The Labute approximate surface area is 128 Å². The minimum absolute atomic E-state index is 0.112. The summed E-state index contributed by atoms with van der Waals surface area (Å²) < 4.78 is 10.5. The Balaban J connectivity index is 2.20. The van der Waals surface area contributed by atoms with Crippen molar-refractivity contribution in [3.8, 4) is 11.5 Å². The van der Waals surface area contributed by atoms with Crippen LogP contribution in [0.4, 0.5) is 5.82 Å². The minimum Gasteiger partial charge on any atom is -0.497 e. The van der Waals surface area contributed by atoms with E-state index in [-0.39, 0.29) is 17.4 Å². The van der Waals surface area contributed by atoms with Crippen molar-refractivity contribution in [3.05, 3.63) is 41.9 Å². The summed E-state index contributed by atoms with van der Waals surface area (Å²) in [6, 6.07) is 5.43. The highest BCUT2D eigenvalue weighted by Crippen LogP contribution is 2.25. The van der Waals surface area contributed by atoms with Gasteiger partial charge in [-0.3, -0.25) is 4.79 Å². The van der Waals surface area contributed by atoms with Crippen LogP contribution in [0.5, 0.6) is 11.5 Å². The van der Waals surface area contributed by atoms with E-state index in [0.29, 0.717) is 18.0 Å². The molecule has 0 aliphatic heterocycles. The molecule has 116 valence electrons. The van der Waals surface area contributed by atoms with Crippen molar-refractivity contribution in [1.29, 1.82) is 0 Å². The molecule has 1 amide bonds. The van der Waals surface area contributed by atoms with Crippen LogP contribution in [0, 0.1) is 0 Å². The lowest BCUT2D eigenvalue weighted by Crippen LogP contribution is -2.28. The zero-order chi connectivity index (χ0) is 16.1. The summed E-state index contributed by atoms with van der Waals surface area (Å²) in [5, 5.41) is 0. The van der Waals surface area contributed by atoms with Gasteiger partial charge in [0.25, 0.3) is 5.91 Å². The first kappa shape index (κ1) is 15.6. The summed E-state index contributed by atoms with van der Waals surface area (Å²) in [6.07, 6.45) is 2.88. The molecule has 2 N–H and O–H groups in total. The van der Waals surface area contributed by atoms with E-state index in [1.54, 1.807) is 27.3 Å². The average molecular weight is 302 g/mol. The SMILES string of the molecule is COc1ccc(CN(C)C(=O)c2nccnc2N)c(OC)c1. The van der Waals surface area contributed by atoms with Crippen molar-refractivity contribution in [3.63, 3.8) is 0 Å². The summed E-state index contributed by atoms with van der Waals surface area (Å²) >= 11 is 0. The van der Waals surface area contributed by atoms with Crippen molar-refractivity contribution in [2.75, 3.05) is 27.0 Å². The first-order valence-electron chi connectivity index (χ1n) is 6.59. The normalized spacial score (nSPS) is 10.1. The maximum absolute atomic E-state index is 12.4. The van der Waals surface area contributed by atoms with Gasteiger partial charge in [-0.2, -0.15) is 0 Å². The Bertz CT molecular complexity index is 676. The predicted molar refractivity (Wildman–Crippen MR) is 81.8 cm³/mol. The van der Waals surface area contributed by atoms with Gasteiger partial charge in [-0.15, -0.1) is 0 Å². The fourth-order valence-electron chi connectivity index (χ4n) is 2.00. The second-order valence-electron chi connectivity index (χ2n) is 4.63. The number of benzene rings is 1. The Hall–Kier alpha value is -2.83. The molecule has 0 unspecified atom stereocenters. The van der Waals surface area contributed by atoms with Crippen LogP contribution >= 0.6 is 0 Å². The van der Waals surface area contributed by atoms with Gasteiger partial charge in [-0.25, -0.2) is 9.97 Å². The van der Waals surface area contributed by atoms with Gasteiger partial charge in [0.15, 0.2) is 11.5 Å². The number of hydrogen-bond acceptors (Lipinski definition) is 6. The second kappa shape index (κ2) is 6.75. The second-order valence-corrected chi connectivity index (χ2v) is 4.63. The van der Waals surface area contributed by atoms with Gasteiger partial charge in [0.1, 0.15) is 11.5 Å². The third kappa shape index (κ3) is 3.25. The fraction of sp³-hybridized carbons (Fsp3) is 0.267. The van der Waals surface area contributed by atoms with Crippen molar-refractivity contribution >= 4 is 11.7 Å². The molecule has 0 aliphatic carbocycles. The highest BCUT2D eigenvalue weighted by Gasteiger charge is 2.18. The molecule has 0 aliphatic rings. The largest absolute Gasteiger partial charge is 0.497 e. The lowest BCUT2D eigenvalue weighted by Gasteiger charge is -2.19. The number of nitrogens with two attached hydrogens (primary N) is 1. The van der Waals surface area contributed by atoms with Crippen LogP contribution in [0.2, 0.25) is 0 Å². The molecule has 0 bridgehead atoms. The lowest BCUT2D eigenvalue weighted by atomic mass is 10.1. The first-order chi connectivity index (χ1) is 10.6. The smallest absolute Gasteiger partial charge is 0.276 e. The third-order valence-corrected chi connectivity index (χ3v) is 3.18. The summed E-state index contributed by atoms with van der Waals surface area (Å²) in [5.41, 5.74) is 6.67. The number of nitrogen functional groups attached to an aromatic ring is 1. The van der Waals surface area contributed by atoms with Gasteiger partial charge in [-0.05, 0) is 12.1 Å². The van der Waals surface area contributed by atoms with Crippen molar-refractivity contribution in [2.45, 2.75) is 6.54 Å². The molecule has 0 radical (unpaired) electrons. The first-order valence-corrected chi connectivity index (χ1v) is 6.59. The zero-order valence-electron chi connectivity index (χ0n) is 12.7. The number of aromatic nitrogens is 2. The quantitative estimate of drug-likeness (QED) is 0.896. The highest BCUT2D eigenvalue weighted by molar-refractivity contribution is 5.96. The summed E-state index contributed by atoms with van der Waals surface area (Å²) in [4.78, 5) is 21.7. The summed E-state index contributed by atoms with van der Waals surface area (Å²) in [7, 11) is 4.82. The summed E-state index contributed by atoms with van der Waals surface area (Å²) in [5.74, 6) is 1.14. The molecule has 1 aromatic carbocycles. The van der Waals surface area contributed by atoms with Crippen LogP contribution in [0.1, 0.15) is 16.1 Å². The molecule has 0 fully saturated rings. The standard InChI is InChI=1S/C15H18N4O3/c1-19(15(20)13-14(16)18-7-6-17-13)9-10-4-5-11(21-2)8-12(10)22-3/h4-8H,9H2,1-3H3,(H2,16,18). The van der Waals surface area contributed by atoms with Crippen molar-refractivity contribution in [1.82, 2.24) is 14.9 Å². The number of rotatable bonds is 5. The fourth-order valence-corrected chi connectivity index (χ4v) is 2.00. The lowest BCUT2D eigenvalue weighted by molar-refractivity contribution is 0.0779. The van der Waals surface area contributed by atoms with E-state index in [0.717, 1.165) is 5.56 Å². The maximum atomic E-state index is 12.4. The molecule has 0 saturated carbocycles. The number of methoxy groups -OCH3 is 2. The molecule has 7 nitrogen and oxygen atoms in total. The molecule has 2 rings (SSSR count). The van der Waals surface area contributed by atoms with E-state index < -0.39 is 0 Å². The number of anilines is 1. The predicted octanol–water partition coefficient (Wildman–Crippen LogP) is 1.35. The molecule has 0 saturated heterocycles. The Morgan fingerprint density at radius 1 is 1.23 bits per heavy atom. The average Bonchev–Trinajstić information content (AvgIpc) is 2.55. The third-order valence-electron chi connectivity index (χ3n) is 3.18.